The van der Waals surface area contributed by atoms with Gasteiger partial charge in [-0.15, -0.1) is 0 Å². The van der Waals surface area contributed by atoms with Crippen molar-refractivity contribution in [1.82, 2.24) is 4.72 Å². The van der Waals surface area contributed by atoms with Crippen molar-refractivity contribution in [2.75, 3.05) is 12.3 Å². The van der Waals surface area contributed by atoms with E-state index in [4.69, 9.17) is 4.74 Å². The zero-order chi connectivity index (χ0) is 16.8. The highest BCUT2D eigenvalue weighted by Crippen LogP contribution is 2.36. The van der Waals surface area contributed by atoms with Gasteiger partial charge in [0.1, 0.15) is 5.75 Å². The largest absolute Gasteiger partial charge is 0.427 e. The second kappa shape index (κ2) is 7.86. The second-order valence-corrected chi connectivity index (χ2v) is 7.21. The average molecular weight is 341 g/mol. The van der Waals surface area contributed by atoms with E-state index in [2.05, 4.69) is 47.2 Å². The molecule has 0 radical (unpaired) electrons. The van der Waals surface area contributed by atoms with Crippen molar-refractivity contribution < 1.29 is 9.53 Å². The highest BCUT2D eigenvalue weighted by Gasteiger charge is 2.35. The van der Waals surface area contributed by atoms with Gasteiger partial charge in [0.2, 0.25) is 0 Å². The molecule has 1 unspecified atom stereocenters. The Balaban J connectivity index is 1.59. The topological polar surface area (TPSA) is 38.3 Å². The Hall–Kier alpha value is -1.78. The predicted octanol–water partition coefficient (Wildman–Crippen LogP) is 4.12. The summed E-state index contributed by atoms with van der Waals surface area (Å²) in [5.74, 6) is 1.46. The van der Waals surface area contributed by atoms with E-state index in [0.717, 1.165) is 25.1 Å². The van der Waals surface area contributed by atoms with E-state index in [-0.39, 0.29) is 11.4 Å². The molecule has 0 bridgehead atoms. The first kappa shape index (κ1) is 17.1. The lowest BCUT2D eigenvalue weighted by Crippen LogP contribution is -2.31. The van der Waals surface area contributed by atoms with Gasteiger partial charge in [0.05, 0.1) is 0 Å². The van der Waals surface area contributed by atoms with Gasteiger partial charge in [-0.25, -0.2) is 0 Å². The first-order chi connectivity index (χ1) is 11.7. The fraction of sp³-hybridized carbons (Fsp3) is 0.350. The molecule has 0 saturated carbocycles. The Morgan fingerprint density at radius 1 is 1.17 bits per heavy atom. The van der Waals surface area contributed by atoms with Crippen LogP contribution in [0.1, 0.15) is 30.9 Å². The predicted molar refractivity (Wildman–Crippen MR) is 99.3 cm³/mol. The van der Waals surface area contributed by atoms with E-state index < -0.39 is 0 Å². The quantitative estimate of drug-likeness (QED) is 0.487. The molecule has 0 spiro atoms. The van der Waals surface area contributed by atoms with E-state index in [1.807, 2.05) is 24.1 Å². The smallest absolute Gasteiger partial charge is 0.308 e. The summed E-state index contributed by atoms with van der Waals surface area (Å²) in [6.07, 6.45) is 3.35. The SMILES string of the molecule is CC(=O)Oc1ccc(CCCC2(c3ccccc3)CNSC2)cc1. The van der Waals surface area contributed by atoms with Crippen LogP contribution in [0.4, 0.5) is 0 Å². The molecule has 2 aromatic carbocycles. The van der Waals surface area contributed by atoms with Crippen molar-refractivity contribution in [3.63, 3.8) is 0 Å². The standard InChI is InChI=1S/C20H23NO2S/c1-16(22)23-19-11-9-17(10-12-19)6-5-13-20(14-21-24-15-20)18-7-3-2-4-8-18/h2-4,7-12,21H,5-6,13-15H2,1H3. The Morgan fingerprint density at radius 3 is 2.54 bits per heavy atom. The maximum Gasteiger partial charge on any atom is 0.308 e. The number of esters is 1. The molecule has 24 heavy (non-hydrogen) atoms. The zero-order valence-electron chi connectivity index (χ0n) is 14.0. The normalized spacial score (nSPS) is 20.0. The third-order valence-electron chi connectivity index (χ3n) is 4.55. The van der Waals surface area contributed by atoms with E-state index in [1.54, 1.807) is 0 Å². The summed E-state index contributed by atoms with van der Waals surface area (Å²) in [4.78, 5) is 11.0. The molecule has 2 aromatic rings. The Labute approximate surface area is 147 Å². The molecule has 1 aliphatic rings. The maximum atomic E-state index is 11.0. The number of rotatable bonds is 6. The van der Waals surface area contributed by atoms with Crippen LogP contribution in [0.2, 0.25) is 0 Å². The minimum Gasteiger partial charge on any atom is -0.427 e. The molecule has 0 aromatic heterocycles. The monoisotopic (exact) mass is 341 g/mol. The fourth-order valence-electron chi connectivity index (χ4n) is 3.23. The number of aryl methyl sites for hydroxylation is 1. The molecule has 1 heterocycles. The molecule has 1 saturated heterocycles. The van der Waals surface area contributed by atoms with Gasteiger partial charge in [0.15, 0.2) is 0 Å². The lowest BCUT2D eigenvalue weighted by atomic mass is 9.78. The van der Waals surface area contributed by atoms with Gasteiger partial charge < -0.3 is 4.74 Å². The number of hydrogen-bond acceptors (Lipinski definition) is 4. The van der Waals surface area contributed by atoms with Gasteiger partial charge in [0, 0.05) is 24.6 Å². The van der Waals surface area contributed by atoms with Gasteiger partial charge >= 0.3 is 5.97 Å². The molecule has 3 nitrogen and oxygen atoms in total. The third-order valence-corrected chi connectivity index (χ3v) is 5.60. The summed E-state index contributed by atoms with van der Waals surface area (Å²) in [5, 5.41) is 0. The van der Waals surface area contributed by atoms with Gasteiger partial charge in [-0.3, -0.25) is 9.52 Å². The van der Waals surface area contributed by atoms with Crippen LogP contribution >= 0.6 is 11.9 Å². The van der Waals surface area contributed by atoms with Crippen molar-refractivity contribution in [2.24, 2.45) is 0 Å². The van der Waals surface area contributed by atoms with Crippen LogP contribution in [0.15, 0.2) is 54.6 Å². The van der Waals surface area contributed by atoms with Crippen molar-refractivity contribution in [3.8, 4) is 5.75 Å². The first-order valence-electron chi connectivity index (χ1n) is 8.35. The minimum absolute atomic E-state index is 0.240. The summed E-state index contributed by atoms with van der Waals surface area (Å²) in [6, 6.07) is 18.7. The van der Waals surface area contributed by atoms with Gasteiger partial charge in [-0.05, 0) is 42.5 Å². The van der Waals surface area contributed by atoms with Crippen molar-refractivity contribution in [2.45, 2.75) is 31.6 Å². The van der Waals surface area contributed by atoms with Crippen LogP contribution < -0.4 is 9.46 Å². The number of ether oxygens (including phenoxy) is 1. The second-order valence-electron chi connectivity index (χ2n) is 6.35. The van der Waals surface area contributed by atoms with Crippen molar-refractivity contribution in [1.29, 1.82) is 0 Å². The first-order valence-corrected chi connectivity index (χ1v) is 9.34. The van der Waals surface area contributed by atoms with Gasteiger partial charge in [-0.1, -0.05) is 54.4 Å². The Morgan fingerprint density at radius 2 is 1.92 bits per heavy atom. The van der Waals surface area contributed by atoms with E-state index in [0.29, 0.717) is 5.75 Å². The van der Waals surface area contributed by atoms with E-state index >= 15 is 0 Å². The van der Waals surface area contributed by atoms with Crippen LogP contribution in [-0.4, -0.2) is 18.3 Å². The summed E-state index contributed by atoms with van der Waals surface area (Å²) < 4.78 is 8.53. The van der Waals surface area contributed by atoms with E-state index in [1.165, 1.54) is 24.5 Å². The average Bonchev–Trinajstić information content (AvgIpc) is 3.07. The fourth-order valence-corrected chi connectivity index (χ4v) is 4.40. The molecule has 0 amide bonds. The van der Waals surface area contributed by atoms with Crippen LogP contribution in [0.5, 0.6) is 5.75 Å². The zero-order valence-corrected chi connectivity index (χ0v) is 14.8. The molecular formula is C20H23NO2S. The molecule has 126 valence electrons. The van der Waals surface area contributed by atoms with Crippen LogP contribution in [0, 0.1) is 0 Å². The molecule has 1 fully saturated rings. The molecule has 1 N–H and O–H groups in total. The van der Waals surface area contributed by atoms with Crippen LogP contribution in [0.3, 0.4) is 0 Å². The number of hydrogen-bond donors (Lipinski definition) is 1. The lowest BCUT2D eigenvalue weighted by Gasteiger charge is -2.28. The minimum atomic E-state index is -0.279. The van der Waals surface area contributed by atoms with Gasteiger partial charge in [-0.2, -0.15) is 0 Å². The summed E-state index contributed by atoms with van der Waals surface area (Å²) in [6.45, 7) is 2.46. The number of benzene rings is 2. The highest BCUT2D eigenvalue weighted by molar-refractivity contribution is 7.97. The van der Waals surface area contributed by atoms with Gasteiger partial charge in [0.25, 0.3) is 0 Å². The summed E-state index contributed by atoms with van der Waals surface area (Å²) in [7, 11) is 0. The Bertz CT molecular complexity index is 664. The highest BCUT2D eigenvalue weighted by atomic mass is 32.2. The number of carbonyl (C=O) groups is 1. The molecular weight excluding hydrogens is 318 g/mol. The Kier molecular flexibility index (Phi) is 5.59. The molecule has 0 aliphatic carbocycles. The van der Waals surface area contributed by atoms with Crippen molar-refractivity contribution in [3.05, 3.63) is 65.7 Å². The summed E-state index contributed by atoms with van der Waals surface area (Å²) >= 11 is 1.83. The van der Waals surface area contributed by atoms with Crippen molar-refractivity contribution >= 4 is 17.9 Å². The number of carbonyl (C=O) groups excluding carboxylic acids is 1. The lowest BCUT2D eigenvalue weighted by molar-refractivity contribution is -0.131. The molecule has 1 atom stereocenters. The van der Waals surface area contributed by atoms with Crippen LogP contribution in [0.25, 0.3) is 0 Å². The molecule has 3 rings (SSSR count). The third kappa shape index (κ3) is 4.19. The summed E-state index contributed by atoms with van der Waals surface area (Å²) in [5.41, 5.74) is 2.96. The number of nitrogens with one attached hydrogen (secondary N) is 1. The van der Waals surface area contributed by atoms with Crippen LogP contribution in [-0.2, 0) is 16.6 Å². The maximum absolute atomic E-state index is 11.0. The van der Waals surface area contributed by atoms with E-state index in [9.17, 15) is 4.79 Å². The molecule has 1 aliphatic heterocycles. The molecule has 4 heteroatoms.